The summed E-state index contributed by atoms with van der Waals surface area (Å²) in [4.78, 5) is 8.36. The van der Waals surface area contributed by atoms with E-state index in [1.165, 1.54) is 10.9 Å². The van der Waals surface area contributed by atoms with E-state index in [2.05, 4.69) is 20.2 Å². The molecule has 3 heterocycles. The molecule has 0 radical (unpaired) electrons. The summed E-state index contributed by atoms with van der Waals surface area (Å²) in [7, 11) is 0. The molecule has 138 valence electrons. The van der Waals surface area contributed by atoms with E-state index in [-0.39, 0.29) is 5.15 Å². The molecule has 0 fully saturated rings. The first kappa shape index (κ1) is 17.5. The van der Waals surface area contributed by atoms with E-state index in [4.69, 9.17) is 11.6 Å². The Morgan fingerprint density at radius 3 is 2.52 bits per heavy atom. The van der Waals surface area contributed by atoms with Crippen molar-refractivity contribution in [1.82, 2.24) is 29.5 Å². The number of aromatic nitrogens is 6. The molecule has 3 aromatic heterocycles. The van der Waals surface area contributed by atoms with Gasteiger partial charge in [-0.05, 0) is 30.7 Å². The molecule has 0 amide bonds. The Morgan fingerprint density at radius 2 is 1.85 bits per heavy atom. The highest BCUT2D eigenvalue weighted by Gasteiger charge is 2.34. The van der Waals surface area contributed by atoms with Crippen molar-refractivity contribution in [1.29, 1.82) is 0 Å². The van der Waals surface area contributed by atoms with Gasteiger partial charge in [0, 0.05) is 5.69 Å². The van der Waals surface area contributed by atoms with Crippen LogP contribution < -0.4 is 0 Å². The molecule has 0 spiro atoms. The third-order valence-electron chi connectivity index (χ3n) is 4.01. The average Bonchev–Trinajstić information content (AvgIpc) is 3.19. The molecule has 0 N–H and O–H groups in total. The Morgan fingerprint density at radius 1 is 1.11 bits per heavy atom. The summed E-state index contributed by atoms with van der Waals surface area (Å²) in [6.07, 6.45) is -1.43. The molecule has 0 aliphatic heterocycles. The average molecular weight is 393 g/mol. The summed E-state index contributed by atoms with van der Waals surface area (Å²) < 4.78 is 41.4. The number of alkyl halides is 3. The fourth-order valence-electron chi connectivity index (χ4n) is 2.73. The highest BCUT2D eigenvalue weighted by atomic mass is 35.5. The van der Waals surface area contributed by atoms with Gasteiger partial charge >= 0.3 is 6.18 Å². The predicted octanol–water partition coefficient (Wildman–Crippen LogP) is 4.04. The quantitative estimate of drug-likeness (QED) is 0.528. The summed E-state index contributed by atoms with van der Waals surface area (Å²) in [5.41, 5.74) is 2.11. The third kappa shape index (κ3) is 3.37. The Kier molecular flexibility index (Phi) is 4.11. The van der Waals surface area contributed by atoms with Crippen molar-refractivity contribution in [2.45, 2.75) is 19.6 Å². The molecule has 10 heteroatoms. The Bertz CT molecular complexity index is 1110. The maximum absolute atomic E-state index is 12.8. The molecule has 6 nitrogen and oxygen atoms in total. The van der Waals surface area contributed by atoms with Gasteiger partial charge in [-0.25, -0.2) is 19.3 Å². The Labute approximate surface area is 156 Å². The minimum Gasteiger partial charge on any atom is -0.248 e. The SMILES string of the molecule is Cc1cc(C(F)(F)F)nn1-c1ccc(Cn2ncc3ncc(Cl)nc32)cc1. The van der Waals surface area contributed by atoms with Crippen LogP contribution in [0.4, 0.5) is 13.2 Å². The number of fused-ring (bicyclic) bond motifs is 1. The Hall–Kier alpha value is -2.94. The van der Waals surface area contributed by atoms with Gasteiger partial charge in [-0.3, -0.25) is 0 Å². The summed E-state index contributed by atoms with van der Waals surface area (Å²) in [5, 5.41) is 8.17. The largest absolute Gasteiger partial charge is 0.435 e. The molecule has 0 aliphatic carbocycles. The lowest BCUT2D eigenvalue weighted by Gasteiger charge is -2.07. The summed E-state index contributed by atoms with van der Waals surface area (Å²) >= 11 is 5.88. The minimum atomic E-state index is -4.47. The number of nitrogens with zero attached hydrogens (tertiary/aromatic N) is 6. The van der Waals surface area contributed by atoms with E-state index >= 15 is 0 Å². The second kappa shape index (κ2) is 6.34. The first-order chi connectivity index (χ1) is 12.8. The summed E-state index contributed by atoms with van der Waals surface area (Å²) in [6, 6.07) is 8.04. The van der Waals surface area contributed by atoms with Crippen LogP contribution in [0.3, 0.4) is 0 Å². The predicted molar refractivity (Wildman–Crippen MR) is 92.7 cm³/mol. The first-order valence-electron chi connectivity index (χ1n) is 7.88. The molecule has 4 rings (SSSR count). The topological polar surface area (TPSA) is 61.4 Å². The van der Waals surface area contributed by atoms with Gasteiger partial charge in [0.1, 0.15) is 10.7 Å². The third-order valence-corrected chi connectivity index (χ3v) is 4.19. The first-order valence-corrected chi connectivity index (χ1v) is 8.26. The molecule has 0 atom stereocenters. The van der Waals surface area contributed by atoms with E-state index in [1.54, 1.807) is 42.1 Å². The monoisotopic (exact) mass is 392 g/mol. The number of aryl methyl sites for hydroxylation is 1. The van der Waals surface area contributed by atoms with E-state index in [0.29, 0.717) is 29.1 Å². The van der Waals surface area contributed by atoms with Crippen molar-refractivity contribution in [2.24, 2.45) is 0 Å². The van der Waals surface area contributed by atoms with Crippen molar-refractivity contribution < 1.29 is 13.2 Å². The van der Waals surface area contributed by atoms with Gasteiger partial charge in [-0.2, -0.15) is 23.4 Å². The van der Waals surface area contributed by atoms with Gasteiger partial charge < -0.3 is 0 Å². The molecule has 27 heavy (non-hydrogen) atoms. The summed E-state index contributed by atoms with van der Waals surface area (Å²) in [6.45, 7) is 2.00. The maximum Gasteiger partial charge on any atom is 0.435 e. The van der Waals surface area contributed by atoms with Gasteiger partial charge in [0.05, 0.1) is 24.6 Å². The molecule has 0 unspecified atom stereocenters. The fourth-order valence-corrected chi connectivity index (χ4v) is 2.86. The Balaban J connectivity index is 1.61. The van der Waals surface area contributed by atoms with Crippen molar-refractivity contribution in [3.63, 3.8) is 0 Å². The van der Waals surface area contributed by atoms with Crippen molar-refractivity contribution >= 4 is 22.8 Å². The van der Waals surface area contributed by atoms with Gasteiger partial charge in [-0.1, -0.05) is 23.7 Å². The van der Waals surface area contributed by atoms with Crippen molar-refractivity contribution in [2.75, 3.05) is 0 Å². The van der Waals surface area contributed by atoms with Crippen LogP contribution in [0.15, 0.2) is 42.7 Å². The zero-order valence-corrected chi connectivity index (χ0v) is 14.7. The van der Waals surface area contributed by atoms with Gasteiger partial charge in [0.15, 0.2) is 11.3 Å². The standard InChI is InChI=1S/C17H12ClF3N6/c1-10-6-14(17(19,20)21)25-27(10)12-4-2-11(3-5-12)9-26-16-13(7-23-26)22-8-15(18)24-16/h2-8H,9H2,1H3. The van der Waals surface area contributed by atoms with Crippen LogP contribution in [-0.4, -0.2) is 29.5 Å². The van der Waals surface area contributed by atoms with Crippen LogP contribution in [0, 0.1) is 6.92 Å². The normalized spacial score (nSPS) is 12.0. The maximum atomic E-state index is 12.8. The van der Waals surface area contributed by atoms with E-state index in [9.17, 15) is 13.2 Å². The number of halogens is 4. The van der Waals surface area contributed by atoms with Crippen LogP contribution >= 0.6 is 11.6 Å². The minimum absolute atomic E-state index is 0.272. The van der Waals surface area contributed by atoms with Crippen molar-refractivity contribution in [3.8, 4) is 5.69 Å². The molecule has 0 aliphatic rings. The highest BCUT2D eigenvalue weighted by Crippen LogP contribution is 2.29. The number of rotatable bonds is 3. The van der Waals surface area contributed by atoms with E-state index < -0.39 is 11.9 Å². The lowest BCUT2D eigenvalue weighted by atomic mass is 10.2. The molecule has 1 aromatic carbocycles. The van der Waals surface area contributed by atoms with Crippen LogP contribution in [-0.2, 0) is 12.7 Å². The van der Waals surface area contributed by atoms with Gasteiger partial charge in [-0.15, -0.1) is 0 Å². The van der Waals surface area contributed by atoms with E-state index in [0.717, 1.165) is 11.6 Å². The van der Waals surface area contributed by atoms with Crippen molar-refractivity contribution in [3.05, 3.63) is 64.8 Å². The van der Waals surface area contributed by atoms with Crippen LogP contribution in [0.25, 0.3) is 16.9 Å². The van der Waals surface area contributed by atoms with Crippen LogP contribution in [0.2, 0.25) is 5.15 Å². The molecular weight excluding hydrogens is 381 g/mol. The molecule has 0 saturated carbocycles. The van der Waals surface area contributed by atoms with Gasteiger partial charge in [0.25, 0.3) is 0 Å². The van der Waals surface area contributed by atoms with Crippen LogP contribution in [0.5, 0.6) is 0 Å². The van der Waals surface area contributed by atoms with Gasteiger partial charge in [0.2, 0.25) is 0 Å². The van der Waals surface area contributed by atoms with Crippen LogP contribution in [0.1, 0.15) is 17.0 Å². The van der Waals surface area contributed by atoms with E-state index in [1.807, 2.05) is 0 Å². The zero-order valence-electron chi connectivity index (χ0n) is 13.9. The number of hydrogen-bond acceptors (Lipinski definition) is 4. The number of benzene rings is 1. The molecule has 4 aromatic rings. The highest BCUT2D eigenvalue weighted by molar-refractivity contribution is 6.29. The summed E-state index contributed by atoms with van der Waals surface area (Å²) in [5.74, 6) is 0. The fraction of sp³-hybridized carbons (Fsp3) is 0.176. The smallest absolute Gasteiger partial charge is 0.248 e. The zero-order chi connectivity index (χ0) is 19.2. The number of hydrogen-bond donors (Lipinski definition) is 0. The molecule has 0 bridgehead atoms. The molecule has 0 saturated heterocycles. The lowest BCUT2D eigenvalue weighted by Crippen LogP contribution is -2.07. The molecular formula is C17H12ClF3N6. The second-order valence-corrected chi connectivity index (χ2v) is 6.34. The lowest BCUT2D eigenvalue weighted by molar-refractivity contribution is -0.141. The second-order valence-electron chi connectivity index (χ2n) is 5.95.